The number of rotatable bonds is 8. The first-order chi connectivity index (χ1) is 19.7. The maximum absolute atomic E-state index is 14.3. The van der Waals surface area contributed by atoms with Crippen LogP contribution in [-0.4, -0.2) is 51.5 Å². The van der Waals surface area contributed by atoms with E-state index in [9.17, 15) is 17.6 Å². The van der Waals surface area contributed by atoms with Crippen LogP contribution in [0.4, 0.5) is 21.5 Å². The van der Waals surface area contributed by atoms with Crippen molar-refractivity contribution >= 4 is 50.2 Å². The molecule has 3 aromatic carbocycles. The van der Waals surface area contributed by atoms with E-state index in [-0.39, 0.29) is 27.6 Å². The Bertz CT molecular complexity index is 1670. The van der Waals surface area contributed by atoms with E-state index in [0.717, 1.165) is 48.3 Å². The Morgan fingerprint density at radius 3 is 2.66 bits per heavy atom. The summed E-state index contributed by atoms with van der Waals surface area (Å²) in [4.78, 5) is 15.4. The van der Waals surface area contributed by atoms with Gasteiger partial charge < -0.3 is 15.4 Å². The van der Waals surface area contributed by atoms with Crippen molar-refractivity contribution in [1.29, 1.82) is 0 Å². The van der Waals surface area contributed by atoms with Gasteiger partial charge in [-0.15, -0.1) is 0 Å². The summed E-state index contributed by atoms with van der Waals surface area (Å²) in [5, 5.41) is 6.48. The summed E-state index contributed by atoms with van der Waals surface area (Å²) in [6.45, 7) is 5.70. The van der Waals surface area contributed by atoms with Gasteiger partial charge in [0.25, 0.3) is 15.9 Å². The van der Waals surface area contributed by atoms with Gasteiger partial charge in [-0.2, -0.15) is 0 Å². The second-order valence-corrected chi connectivity index (χ2v) is 12.7. The van der Waals surface area contributed by atoms with E-state index in [1.807, 2.05) is 25.1 Å². The molecule has 1 fully saturated rings. The number of amides is 1. The van der Waals surface area contributed by atoms with Gasteiger partial charge in [-0.3, -0.25) is 14.4 Å². The molecule has 41 heavy (non-hydrogen) atoms. The number of ether oxygens (including phenoxy) is 1. The van der Waals surface area contributed by atoms with Gasteiger partial charge in [0.05, 0.1) is 22.2 Å². The summed E-state index contributed by atoms with van der Waals surface area (Å²) in [7, 11) is -4.14. The lowest BCUT2D eigenvalue weighted by Gasteiger charge is -2.15. The minimum absolute atomic E-state index is 0.0919. The zero-order chi connectivity index (χ0) is 28.7. The fourth-order valence-electron chi connectivity index (χ4n) is 5.64. The number of hydrogen-bond donors (Lipinski definition) is 3. The number of anilines is 3. The molecule has 6 rings (SSSR count). The lowest BCUT2D eigenvalue weighted by atomic mass is 9.95. The number of nitrogens with zero attached hydrogens (tertiary/aromatic N) is 1. The summed E-state index contributed by atoms with van der Waals surface area (Å²) in [5.41, 5.74) is 4.07. The van der Waals surface area contributed by atoms with Crippen LogP contribution >= 0.6 is 11.6 Å². The number of sulfonamides is 1. The molecule has 8 nitrogen and oxygen atoms in total. The summed E-state index contributed by atoms with van der Waals surface area (Å²) < 4.78 is 48.8. The van der Waals surface area contributed by atoms with Crippen molar-refractivity contribution in [3.05, 3.63) is 82.1 Å². The van der Waals surface area contributed by atoms with E-state index in [2.05, 4.69) is 20.3 Å². The molecule has 3 aliphatic rings. The molecule has 1 unspecified atom stereocenters. The standard InChI is InChI=1S/C30H30ClFN4O4S/c1-18(28-15-19-14-21(5-8-25(19)33-28)40-13-12-36-10-2-3-11-36)29-23-17-22(6-9-26(23)34-30(29)37)41(38,39)35-27-7-4-20(31)16-24(27)32/h4-9,14,16-17,28,33,35H,2-3,10-13,15H2,1H3,(H,34,37)/b29-18-. The number of carbonyl (C=O) groups is 1. The molecule has 0 bridgehead atoms. The third-order valence-electron chi connectivity index (χ3n) is 7.84. The zero-order valence-corrected chi connectivity index (χ0v) is 24.0. The average Bonchev–Trinajstić information content (AvgIpc) is 3.67. The van der Waals surface area contributed by atoms with Gasteiger partial charge in [-0.25, -0.2) is 12.8 Å². The molecule has 0 saturated carbocycles. The maximum Gasteiger partial charge on any atom is 0.262 e. The molecule has 3 aromatic rings. The van der Waals surface area contributed by atoms with Crippen LogP contribution in [0.3, 0.4) is 0 Å². The van der Waals surface area contributed by atoms with Crippen LogP contribution in [-0.2, 0) is 21.2 Å². The van der Waals surface area contributed by atoms with E-state index < -0.39 is 15.8 Å². The molecule has 0 radical (unpaired) electrons. The SMILES string of the molecule is C/C(=C1/C(=O)Nc2ccc(S(=O)(=O)Nc3ccc(Cl)cc3F)cc21)C1Cc2cc(OCCN3CCCC3)ccc2N1. The van der Waals surface area contributed by atoms with Crippen LogP contribution in [0, 0.1) is 5.82 Å². The van der Waals surface area contributed by atoms with Gasteiger partial charge in [0.2, 0.25) is 0 Å². The lowest BCUT2D eigenvalue weighted by molar-refractivity contribution is -0.110. The van der Waals surface area contributed by atoms with Gasteiger partial charge in [-0.1, -0.05) is 11.6 Å². The van der Waals surface area contributed by atoms with Gasteiger partial charge in [0.15, 0.2) is 0 Å². The van der Waals surface area contributed by atoms with Crippen molar-refractivity contribution in [2.45, 2.75) is 37.1 Å². The molecular weight excluding hydrogens is 567 g/mol. The average molecular weight is 597 g/mol. The molecule has 0 aromatic heterocycles. The van der Waals surface area contributed by atoms with Crippen molar-refractivity contribution in [2.75, 3.05) is 41.6 Å². The molecule has 1 atom stereocenters. The van der Waals surface area contributed by atoms with Gasteiger partial charge in [0, 0.05) is 28.5 Å². The van der Waals surface area contributed by atoms with Crippen molar-refractivity contribution in [3.63, 3.8) is 0 Å². The predicted molar refractivity (Wildman–Crippen MR) is 159 cm³/mol. The number of hydrogen-bond acceptors (Lipinski definition) is 6. The highest BCUT2D eigenvalue weighted by Gasteiger charge is 2.32. The molecule has 0 aliphatic carbocycles. The minimum Gasteiger partial charge on any atom is -0.492 e. The van der Waals surface area contributed by atoms with Crippen LogP contribution in [0.15, 0.2) is 65.1 Å². The highest BCUT2D eigenvalue weighted by Crippen LogP contribution is 2.40. The summed E-state index contributed by atoms with van der Waals surface area (Å²) in [6.07, 6.45) is 3.16. The van der Waals surface area contributed by atoms with Crippen LogP contribution in [0.25, 0.3) is 5.57 Å². The van der Waals surface area contributed by atoms with Gasteiger partial charge in [-0.05, 0) is 105 Å². The summed E-state index contributed by atoms with van der Waals surface area (Å²) in [5.74, 6) is -0.269. The third-order valence-corrected chi connectivity index (χ3v) is 9.44. The number of benzene rings is 3. The Kier molecular flexibility index (Phi) is 7.39. The number of halogens is 2. The van der Waals surface area contributed by atoms with Crippen molar-refractivity contribution in [1.82, 2.24) is 4.90 Å². The topological polar surface area (TPSA) is 99.8 Å². The molecule has 3 N–H and O–H groups in total. The Morgan fingerprint density at radius 2 is 1.88 bits per heavy atom. The summed E-state index contributed by atoms with van der Waals surface area (Å²) in [6, 6.07) is 13.9. The number of carbonyl (C=O) groups excluding carboxylic acids is 1. The first kappa shape index (κ1) is 27.6. The Labute approximate surface area is 243 Å². The second-order valence-electron chi connectivity index (χ2n) is 10.6. The molecule has 11 heteroatoms. The Morgan fingerprint density at radius 1 is 1.10 bits per heavy atom. The molecule has 1 amide bonds. The molecule has 214 valence electrons. The minimum atomic E-state index is -4.14. The third kappa shape index (κ3) is 5.64. The molecule has 1 saturated heterocycles. The molecular formula is C30H30ClFN4O4S. The second kappa shape index (κ2) is 11.0. The van der Waals surface area contributed by atoms with E-state index >= 15 is 0 Å². The van der Waals surface area contributed by atoms with Crippen LogP contribution in [0.5, 0.6) is 5.75 Å². The van der Waals surface area contributed by atoms with E-state index in [1.165, 1.54) is 37.1 Å². The Hall–Kier alpha value is -3.60. The normalized spacial score (nSPS) is 19.4. The van der Waals surface area contributed by atoms with E-state index in [1.54, 1.807) is 6.07 Å². The maximum atomic E-state index is 14.3. The van der Waals surface area contributed by atoms with E-state index in [4.69, 9.17) is 16.3 Å². The predicted octanol–water partition coefficient (Wildman–Crippen LogP) is 5.52. The molecule has 3 heterocycles. The molecule has 0 spiro atoms. The summed E-state index contributed by atoms with van der Waals surface area (Å²) >= 11 is 5.79. The smallest absolute Gasteiger partial charge is 0.262 e. The number of fused-ring (bicyclic) bond motifs is 2. The van der Waals surface area contributed by atoms with Crippen LogP contribution in [0.1, 0.15) is 30.9 Å². The lowest BCUT2D eigenvalue weighted by Crippen LogP contribution is -2.25. The fourth-order valence-corrected chi connectivity index (χ4v) is 6.90. The van der Waals surface area contributed by atoms with Gasteiger partial charge in [0.1, 0.15) is 18.2 Å². The monoisotopic (exact) mass is 596 g/mol. The first-order valence-corrected chi connectivity index (χ1v) is 15.4. The highest BCUT2D eigenvalue weighted by atomic mass is 35.5. The quantitative estimate of drug-likeness (QED) is 0.296. The van der Waals surface area contributed by atoms with Crippen molar-refractivity contribution in [2.24, 2.45) is 0 Å². The zero-order valence-electron chi connectivity index (χ0n) is 22.5. The van der Waals surface area contributed by atoms with Crippen LogP contribution < -0.4 is 20.1 Å². The highest BCUT2D eigenvalue weighted by molar-refractivity contribution is 7.92. The van der Waals surface area contributed by atoms with Gasteiger partial charge >= 0.3 is 0 Å². The first-order valence-electron chi connectivity index (χ1n) is 13.6. The largest absolute Gasteiger partial charge is 0.492 e. The van der Waals surface area contributed by atoms with Crippen LogP contribution in [0.2, 0.25) is 5.02 Å². The number of likely N-dealkylation sites (tertiary alicyclic amines) is 1. The van der Waals surface area contributed by atoms with Crippen molar-refractivity contribution < 1.29 is 22.3 Å². The molecule has 3 aliphatic heterocycles. The Balaban J connectivity index is 1.21. The number of nitrogens with one attached hydrogen (secondary N) is 3. The van der Waals surface area contributed by atoms with E-state index in [0.29, 0.717) is 29.9 Å². The van der Waals surface area contributed by atoms with Crippen molar-refractivity contribution in [3.8, 4) is 5.75 Å². The fraction of sp³-hybridized carbons (Fsp3) is 0.300.